The van der Waals surface area contributed by atoms with Crippen LogP contribution in [0, 0.1) is 0 Å². The lowest BCUT2D eigenvalue weighted by molar-refractivity contribution is -0.161. The number of esters is 2. The predicted octanol–water partition coefficient (Wildman–Crippen LogP) is 3.91. The van der Waals surface area contributed by atoms with E-state index in [9.17, 15) is 9.59 Å². The van der Waals surface area contributed by atoms with Gasteiger partial charge in [0.15, 0.2) is 6.61 Å². The van der Waals surface area contributed by atoms with Gasteiger partial charge in [0, 0.05) is 6.42 Å². The lowest BCUT2D eigenvalue weighted by atomic mass is 10.0. The molecule has 27 heavy (non-hydrogen) atoms. The van der Waals surface area contributed by atoms with Gasteiger partial charge in [-0.05, 0) is 6.42 Å². The zero-order valence-electron chi connectivity index (χ0n) is 17.1. The summed E-state index contributed by atoms with van der Waals surface area (Å²) in [6, 6.07) is 0. The molecule has 2 N–H and O–H groups in total. The van der Waals surface area contributed by atoms with Gasteiger partial charge in [0.25, 0.3) is 0 Å². The van der Waals surface area contributed by atoms with Crippen LogP contribution in [0.4, 0.5) is 0 Å². The maximum absolute atomic E-state index is 11.5. The van der Waals surface area contributed by atoms with Crippen LogP contribution in [0.3, 0.4) is 0 Å². The maximum Gasteiger partial charge on any atom is 0.344 e. The minimum Gasteiger partial charge on any atom is -0.460 e. The molecule has 0 aromatic carbocycles. The van der Waals surface area contributed by atoms with E-state index in [1.165, 1.54) is 64.2 Å². The minimum atomic E-state index is -1.10. The quantitative estimate of drug-likeness (QED) is 0.257. The van der Waals surface area contributed by atoms with Crippen LogP contribution in [0.25, 0.3) is 0 Å². The van der Waals surface area contributed by atoms with Crippen LogP contribution in [0.2, 0.25) is 0 Å². The molecule has 0 heterocycles. The number of aliphatic hydroxyl groups excluding tert-OH is 2. The monoisotopic (exact) mass is 388 g/mol. The van der Waals surface area contributed by atoms with Gasteiger partial charge in [-0.3, -0.25) is 4.79 Å². The molecule has 0 aliphatic heterocycles. The van der Waals surface area contributed by atoms with E-state index in [0.717, 1.165) is 19.3 Å². The first kappa shape index (κ1) is 25.9. The molecule has 0 aliphatic carbocycles. The molecular weight excluding hydrogens is 348 g/mol. The van der Waals surface area contributed by atoms with Crippen molar-refractivity contribution in [3.05, 3.63) is 0 Å². The van der Waals surface area contributed by atoms with Crippen LogP contribution in [-0.2, 0) is 19.1 Å². The summed E-state index contributed by atoms with van der Waals surface area (Å²) in [5.41, 5.74) is 0. The van der Waals surface area contributed by atoms with Gasteiger partial charge in [0.1, 0.15) is 12.7 Å². The predicted molar refractivity (Wildman–Crippen MR) is 105 cm³/mol. The molecule has 1 atom stereocenters. The largest absolute Gasteiger partial charge is 0.460 e. The number of unbranched alkanes of at least 4 members (excludes halogenated alkanes) is 12. The second-order valence-corrected chi connectivity index (χ2v) is 7.17. The van der Waals surface area contributed by atoms with E-state index >= 15 is 0 Å². The second kappa shape index (κ2) is 19.6. The third-order valence-corrected chi connectivity index (χ3v) is 4.48. The second-order valence-electron chi connectivity index (χ2n) is 7.17. The number of ether oxygens (including phenoxy) is 2. The Balaban J connectivity index is 3.30. The summed E-state index contributed by atoms with van der Waals surface area (Å²) in [6.45, 7) is 1.02. The SMILES string of the molecule is CCCCCCCCCCCCCCCC(=O)OCC(=O)OCC(O)CO. The molecule has 160 valence electrons. The van der Waals surface area contributed by atoms with Gasteiger partial charge in [-0.25, -0.2) is 4.79 Å². The van der Waals surface area contributed by atoms with Gasteiger partial charge in [-0.2, -0.15) is 0 Å². The van der Waals surface area contributed by atoms with Crippen LogP contribution in [-0.4, -0.2) is 48.1 Å². The standard InChI is InChI=1S/C21H40O6/c1-2-3-4-5-6-7-8-9-10-11-12-13-14-15-20(24)27-18-21(25)26-17-19(23)16-22/h19,22-23H,2-18H2,1H3. The van der Waals surface area contributed by atoms with Gasteiger partial charge < -0.3 is 19.7 Å². The minimum absolute atomic E-state index is 0.300. The number of aliphatic hydroxyl groups is 2. The van der Waals surface area contributed by atoms with E-state index < -0.39 is 31.3 Å². The molecular formula is C21H40O6. The number of hydrogen-bond donors (Lipinski definition) is 2. The van der Waals surface area contributed by atoms with Crippen molar-refractivity contribution < 1.29 is 29.3 Å². The van der Waals surface area contributed by atoms with Crippen LogP contribution in [0.15, 0.2) is 0 Å². The summed E-state index contributed by atoms with van der Waals surface area (Å²) >= 11 is 0. The number of rotatable bonds is 19. The van der Waals surface area contributed by atoms with Crippen LogP contribution >= 0.6 is 0 Å². The Labute approximate surface area is 164 Å². The summed E-state index contributed by atoms with van der Waals surface area (Å²) < 4.78 is 9.46. The van der Waals surface area contributed by atoms with E-state index in [4.69, 9.17) is 14.9 Å². The van der Waals surface area contributed by atoms with E-state index in [1.54, 1.807) is 0 Å². The van der Waals surface area contributed by atoms with Gasteiger partial charge in [-0.15, -0.1) is 0 Å². The first-order valence-corrected chi connectivity index (χ1v) is 10.7. The lowest BCUT2D eigenvalue weighted by Gasteiger charge is -2.08. The Kier molecular flexibility index (Phi) is 18.8. The number of carbonyl (C=O) groups excluding carboxylic acids is 2. The third-order valence-electron chi connectivity index (χ3n) is 4.48. The highest BCUT2D eigenvalue weighted by Gasteiger charge is 2.10. The molecule has 0 spiro atoms. The van der Waals surface area contributed by atoms with Crippen LogP contribution in [0.1, 0.15) is 96.8 Å². The van der Waals surface area contributed by atoms with E-state index in [-0.39, 0.29) is 6.61 Å². The average molecular weight is 389 g/mol. The first-order valence-electron chi connectivity index (χ1n) is 10.7. The van der Waals surface area contributed by atoms with E-state index in [0.29, 0.717) is 6.42 Å². The fourth-order valence-electron chi connectivity index (χ4n) is 2.78. The molecule has 1 unspecified atom stereocenters. The zero-order chi connectivity index (χ0) is 20.2. The Morgan fingerprint density at radius 2 is 1.22 bits per heavy atom. The fraction of sp³-hybridized carbons (Fsp3) is 0.905. The first-order chi connectivity index (χ1) is 13.1. The number of carbonyl (C=O) groups is 2. The van der Waals surface area contributed by atoms with E-state index in [2.05, 4.69) is 11.7 Å². The Bertz CT molecular complexity index is 359. The molecule has 0 aliphatic rings. The van der Waals surface area contributed by atoms with E-state index in [1.807, 2.05) is 0 Å². The molecule has 0 saturated heterocycles. The fourth-order valence-corrected chi connectivity index (χ4v) is 2.78. The normalized spacial score (nSPS) is 12.0. The summed E-state index contributed by atoms with van der Waals surface area (Å²) in [5.74, 6) is -1.13. The average Bonchev–Trinajstić information content (AvgIpc) is 2.67. The lowest BCUT2D eigenvalue weighted by Crippen LogP contribution is -2.24. The van der Waals surface area contributed by atoms with Gasteiger partial charge >= 0.3 is 11.9 Å². The van der Waals surface area contributed by atoms with Crippen molar-refractivity contribution in [3.8, 4) is 0 Å². The van der Waals surface area contributed by atoms with Crippen LogP contribution in [0.5, 0.6) is 0 Å². The highest BCUT2D eigenvalue weighted by Crippen LogP contribution is 2.13. The van der Waals surface area contributed by atoms with Crippen LogP contribution < -0.4 is 0 Å². The molecule has 0 fully saturated rings. The molecule has 0 radical (unpaired) electrons. The Morgan fingerprint density at radius 1 is 0.741 bits per heavy atom. The summed E-state index contributed by atoms with van der Waals surface area (Å²) in [6.07, 6.45) is 15.4. The van der Waals surface area contributed by atoms with Gasteiger partial charge in [-0.1, -0.05) is 84.0 Å². The molecule has 0 bridgehead atoms. The van der Waals surface area contributed by atoms with Crippen molar-refractivity contribution in [2.75, 3.05) is 19.8 Å². The molecule has 0 saturated carbocycles. The van der Waals surface area contributed by atoms with Gasteiger partial charge in [0.05, 0.1) is 6.61 Å². The third kappa shape index (κ3) is 19.4. The Hall–Kier alpha value is -1.14. The smallest absolute Gasteiger partial charge is 0.344 e. The summed E-state index contributed by atoms with van der Waals surface area (Å²) in [7, 11) is 0. The highest BCUT2D eigenvalue weighted by atomic mass is 16.6. The molecule has 0 aromatic rings. The van der Waals surface area contributed by atoms with Crippen molar-refractivity contribution in [1.29, 1.82) is 0 Å². The summed E-state index contributed by atoms with van der Waals surface area (Å²) in [4.78, 5) is 22.8. The van der Waals surface area contributed by atoms with Crippen molar-refractivity contribution in [2.24, 2.45) is 0 Å². The Morgan fingerprint density at radius 3 is 1.70 bits per heavy atom. The molecule has 0 rings (SSSR count). The summed E-state index contributed by atoms with van der Waals surface area (Å²) in [5, 5.41) is 17.6. The molecule has 0 aromatic heterocycles. The molecule has 6 heteroatoms. The topological polar surface area (TPSA) is 93.1 Å². The van der Waals surface area contributed by atoms with Gasteiger partial charge in [0.2, 0.25) is 0 Å². The van der Waals surface area contributed by atoms with Crippen molar-refractivity contribution >= 4 is 11.9 Å². The zero-order valence-corrected chi connectivity index (χ0v) is 17.1. The number of hydrogen-bond acceptors (Lipinski definition) is 6. The highest BCUT2D eigenvalue weighted by molar-refractivity contribution is 5.76. The maximum atomic E-state index is 11.5. The van der Waals surface area contributed by atoms with Crippen molar-refractivity contribution in [2.45, 2.75) is 103 Å². The molecule has 0 amide bonds. The molecule has 6 nitrogen and oxygen atoms in total. The van der Waals surface area contributed by atoms with Crippen molar-refractivity contribution in [1.82, 2.24) is 0 Å². The van der Waals surface area contributed by atoms with Crippen molar-refractivity contribution in [3.63, 3.8) is 0 Å².